The SMILES string of the molecule is COc1ccc(C=C2C=C(c3ccccc3)N(c3ccc(Cl)c(Cl)c3)C2=O)cc1Br. The number of hydrogen-bond acceptors (Lipinski definition) is 2. The normalized spacial score (nSPS) is 14.9. The topological polar surface area (TPSA) is 29.5 Å². The number of methoxy groups -OCH3 is 1. The fourth-order valence-electron chi connectivity index (χ4n) is 3.27. The van der Waals surface area contributed by atoms with E-state index in [1.54, 1.807) is 30.2 Å². The van der Waals surface area contributed by atoms with Gasteiger partial charge in [0.1, 0.15) is 5.75 Å². The molecule has 0 bridgehead atoms. The summed E-state index contributed by atoms with van der Waals surface area (Å²) in [5, 5.41) is 0.835. The smallest absolute Gasteiger partial charge is 0.262 e. The summed E-state index contributed by atoms with van der Waals surface area (Å²) < 4.78 is 6.10. The van der Waals surface area contributed by atoms with E-state index in [4.69, 9.17) is 27.9 Å². The molecule has 6 heteroatoms. The molecular formula is C24H16BrCl2NO2. The average molecular weight is 501 g/mol. The molecule has 3 aromatic carbocycles. The van der Waals surface area contributed by atoms with Gasteiger partial charge in [0.05, 0.1) is 33.0 Å². The van der Waals surface area contributed by atoms with Gasteiger partial charge in [0.2, 0.25) is 0 Å². The number of anilines is 1. The highest BCUT2D eigenvalue weighted by Gasteiger charge is 2.30. The zero-order chi connectivity index (χ0) is 21.3. The molecule has 0 fully saturated rings. The second-order valence-corrected chi connectivity index (χ2v) is 8.30. The molecule has 0 spiro atoms. The van der Waals surface area contributed by atoms with Gasteiger partial charge in [0.25, 0.3) is 5.91 Å². The lowest BCUT2D eigenvalue weighted by molar-refractivity contribution is -0.113. The largest absolute Gasteiger partial charge is 0.496 e. The van der Waals surface area contributed by atoms with Crippen molar-refractivity contribution in [2.75, 3.05) is 12.0 Å². The molecule has 3 nitrogen and oxygen atoms in total. The Morgan fingerprint density at radius 1 is 0.967 bits per heavy atom. The van der Waals surface area contributed by atoms with E-state index in [9.17, 15) is 4.79 Å². The molecule has 1 aliphatic heterocycles. The van der Waals surface area contributed by atoms with Crippen LogP contribution in [0.4, 0.5) is 5.69 Å². The van der Waals surface area contributed by atoms with Gasteiger partial charge in [-0.1, -0.05) is 59.6 Å². The number of ether oxygens (including phenoxy) is 1. The third-order valence-corrected chi connectivity index (χ3v) is 6.07. The molecule has 0 aromatic heterocycles. The summed E-state index contributed by atoms with van der Waals surface area (Å²) in [6.45, 7) is 0. The van der Waals surface area contributed by atoms with Gasteiger partial charge in [-0.15, -0.1) is 0 Å². The van der Waals surface area contributed by atoms with Crippen LogP contribution in [-0.2, 0) is 4.79 Å². The van der Waals surface area contributed by atoms with Crippen molar-refractivity contribution in [2.24, 2.45) is 0 Å². The van der Waals surface area contributed by atoms with Crippen molar-refractivity contribution in [3.05, 3.63) is 104 Å². The maximum absolute atomic E-state index is 13.4. The maximum Gasteiger partial charge on any atom is 0.262 e. The van der Waals surface area contributed by atoms with Crippen molar-refractivity contribution >= 4 is 62.5 Å². The van der Waals surface area contributed by atoms with E-state index in [-0.39, 0.29) is 5.91 Å². The summed E-state index contributed by atoms with van der Waals surface area (Å²) in [5.74, 6) is 0.590. The highest BCUT2D eigenvalue weighted by molar-refractivity contribution is 9.10. The molecule has 0 N–H and O–H groups in total. The van der Waals surface area contributed by atoms with Gasteiger partial charge in [-0.3, -0.25) is 9.69 Å². The van der Waals surface area contributed by atoms with Crippen LogP contribution in [-0.4, -0.2) is 13.0 Å². The Morgan fingerprint density at radius 3 is 2.40 bits per heavy atom. The zero-order valence-corrected chi connectivity index (χ0v) is 19.0. The van der Waals surface area contributed by atoms with Gasteiger partial charge >= 0.3 is 0 Å². The van der Waals surface area contributed by atoms with Crippen molar-refractivity contribution in [3.8, 4) is 5.75 Å². The van der Waals surface area contributed by atoms with Gasteiger partial charge in [0.15, 0.2) is 0 Å². The van der Waals surface area contributed by atoms with Crippen molar-refractivity contribution in [1.82, 2.24) is 0 Å². The summed E-state index contributed by atoms with van der Waals surface area (Å²) >= 11 is 15.8. The first kappa shape index (κ1) is 20.7. The Morgan fingerprint density at radius 2 is 1.73 bits per heavy atom. The molecule has 1 amide bonds. The van der Waals surface area contributed by atoms with Gasteiger partial charge in [-0.05, 0) is 69.5 Å². The van der Waals surface area contributed by atoms with E-state index < -0.39 is 0 Å². The first-order valence-corrected chi connectivity index (χ1v) is 10.6. The van der Waals surface area contributed by atoms with Crippen molar-refractivity contribution in [2.45, 2.75) is 0 Å². The minimum atomic E-state index is -0.140. The van der Waals surface area contributed by atoms with E-state index in [1.165, 1.54) is 0 Å². The van der Waals surface area contributed by atoms with E-state index in [1.807, 2.05) is 60.7 Å². The van der Waals surface area contributed by atoms with Gasteiger partial charge in [-0.2, -0.15) is 0 Å². The van der Waals surface area contributed by atoms with Gasteiger partial charge in [-0.25, -0.2) is 0 Å². The molecule has 0 saturated carbocycles. The van der Waals surface area contributed by atoms with Gasteiger partial charge in [0, 0.05) is 5.57 Å². The molecule has 0 unspecified atom stereocenters. The lowest BCUT2D eigenvalue weighted by atomic mass is 10.1. The first-order valence-electron chi connectivity index (χ1n) is 9.10. The molecule has 1 heterocycles. The number of nitrogens with zero attached hydrogens (tertiary/aromatic N) is 1. The number of rotatable bonds is 4. The summed E-state index contributed by atoms with van der Waals surface area (Å²) in [6.07, 6.45) is 3.74. The summed E-state index contributed by atoms with van der Waals surface area (Å²) in [4.78, 5) is 15.0. The minimum Gasteiger partial charge on any atom is -0.496 e. The average Bonchev–Trinajstić information content (AvgIpc) is 3.07. The van der Waals surface area contributed by atoms with E-state index >= 15 is 0 Å². The quantitative estimate of drug-likeness (QED) is 0.353. The molecular weight excluding hydrogens is 485 g/mol. The number of benzene rings is 3. The van der Waals surface area contributed by atoms with Crippen LogP contribution in [0.15, 0.2) is 82.9 Å². The highest BCUT2D eigenvalue weighted by atomic mass is 79.9. The van der Waals surface area contributed by atoms with Crippen molar-refractivity contribution in [3.63, 3.8) is 0 Å². The van der Waals surface area contributed by atoms with Crippen molar-refractivity contribution < 1.29 is 9.53 Å². The number of halogens is 3. The molecule has 0 atom stereocenters. The Balaban J connectivity index is 1.81. The summed E-state index contributed by atoms with van der Waals surface area (Å²) in [7, 11) is 1.61. The molecule has 0 aliphatic carbocycles. The Labute approximate surface area is 193 Å². The molecule has 30 heavy (non-hydrogen) atoms. The first-order chi connectivity index (χ1) is 14.5. The molecule has 150 valence electrons. The standard InChI is InChI=1S/C24H16BrCl2NO2/c1-30-23-10-7-15(12-19(23)25)11-17-13-22(16-5-3-2-4-6-16)28(24(17)29)18-8-9-20(26)21(27)14-18/h2-14H,1H3. The Hall–Kier alpha value is -2.53. The van der Waals surface area contributed by atoms with Crippen molar-refractivity contribution in [1.29, 1.82) is 0 Å². The minimum absolute atomic E-state index is 0.140. The molecule has 0 saturated heterocycles. The number of carbonyl (C=O) groups excluding carboxylic acids is 1. The van der Waals surface area contributed by atoms with Crippen LogP contribution >= 0.6 is 39.1 Å². The molecule has 4 rings (SSSR count). The summed E-state index contributed by atoms with van der Waals surface area (Å²) in [5.41, 5.74) is 3.81. The zero-order valence-electron chi connectivity index (χ0n) is 15.9. The van der Waals surface area contributed by atoms with Crippen LogP contribution in [0.3, 0.4) is 0 Å². The van der Waals surface area contributed by atoms with Crippen LogP contribution < -0.4 is 9.64 Å². The molecule has 3 aromatic rings. The number of hydrogen-bond donors (Lipinski definition) is 0. The van der Waals surface area contributed by atoms with Crippen LogP contribution in [0.5, 0.6) is 5.75 Å². The van der Waals surface area contributed by atoms with E-state index in [0.29, 0.717) is 21.3 Å². The third kappa shape index (κ3) is 4.04. The lowest BCUT2D eigenvalue weighted by Crippen LogP contribution is -2.24. The van der Waals surface area contributed by atoms with Crippen LogP contribution in [0.2, 0.25) is 10.0 Å². The Bertz CT molecular complexity index is 1190. The predicted molar refractivity (Wildman–Crippen MR) is 127 cm³/mol. The second-order valence-electron chi connectivity index (χ2n) is 6.63. The van der Waals surface area contributed by atoms with Gasteiger partial charge < -0.3 is 4.74 Å². The van der Waals surface area contributed by atoms with Crippen LogP contribution in [0.25, 0.3) is 11.8 Å². The highest BCUT2D eigenvalue weighted by Crippen LogP contribution is 2.38. The third-order valence-electron chi connectivity index (χ3n) is 4.71. The molecule has 1 aliphatic rings. The fourth-order valence-corrected chi connectivity index (χ4v) is 4.12. The fraction of sp³-hybridized carbons (Fsp3) is 0.0417. The number of amides is 1. The van der Waals surface area contributed by atoms with Crippen LogP contribution in [0, 0.1) is 0 Å². The number of carbonyl (C=O) groups is 1. The van der Waals surface area contributed by atoms with E-state index in [2.05, 4.69) is 15.9 Å². The summed E-state index contributed by atoms with van der Waals surface area (Å²) in [6, 6.07) is 20.6. The maximum atomic E-state index is 13.4. The lowest BCUT2D eigenvalue weighted by Gasteiger charge is -2.21. The molecule has 0 radical (unpaired) electrons. The Kier molecular flexibility index (Phi) is 6.00. The van der Waals surface area contributed by atoms with Crippen LogP contribution in [0.1, 0.15) is 11.1 Å². The van der Waals surface area contributed by atoms with E-state index in [0.717, 1.165) is 27.0 Å². The monoisotopic (exact) mass is 499 g/mol. The predicted octanol–water partition coefficient (Wildman–Crippen LogP) is 7.24. The second kappa shape index (κ2) is 8.68.